The van der Waals surface area contributed by atoms with Gasteiger partial charge in [-0.3, -0.25) is 9.48 Å². The standard InChI is InChI=1S/C14H20N4O/c1-10(2)18-9-11-8-12(4-5-13(11)17-18)16-14(19)6-7-15-3/h4-5,8-10,15H,6-7H2,1-3H3,(H,16,19). The number of amides is 1. The van der Waals surface area contributed by atoms with Gasteiger partial charge in [-0.15, -0.1) is 0 Å². The highest BCUT2D eigenvalue weighted by molar-refractivity contribution is 5.93. The maximum atomic E-state index is 11.6. The van der Waals surface area contributed by atoms with Crippen LogP contribution in [-0.4, -0.2) is 29.3 Å². The number of rotatable bonds is 5. The van der Waals surface area contributed by atoms with Crippen LogP contribution in [0.4, 0.5) is 5.69 Å². The average Bonchev–Trinajstić information content (AvgIpc) is 2.79. The summed E-state index contributed by atoms with van der Waals surface area (Å²) >= 11 is 0. The van der Waals surface area contributed by atoms with Crippen molar-refractivity contribution in [3.05, 3.63) is 24.4 Å². The Hall–Kier alpha value is -1.88. The number of aromatic nitrogens is 2. The normalized spacial score (nSPS) is 11.2. The van der Waals surface area contributed by atoms with Gasteiger partial charge in [0, 0.05) is 36.3 Å². The van der Waals surface area contributed by atoms with Gasteiger partial charge in [0.15, 0.2) is 0 Å². The smallest absolute Gasteiger partial charge is 0.225 e. The second-order valence-electron chi connectivity index (χ2n) is 4.88. The predicted molar refractivity (Wildman–Crippen MR) is 77.3 cm³/mol. The number of hydrogen-bond acceptors (Lipinski definition) is 3. The summed E-state index contributed by atoms with van der Waals surface area (Å²) in [4.78, 5) is 11.6. The highest BCUT2D eigenvalue weighted by Gasteiger charge is 2.06. The molecule has 0 spiro atoms. The Morgan fingerprint density at radius 2 is 2.21 bits per heavy atom. The van der Waals surface area contributed by atoms with Crippen molar-refractivity contribution in [3.63, 3.8) is 0 Å². The molecule has 1 amide bonds. The molecule has 2 rings (SSSR count). The van der Waals surface area contributed by atoms with Gasteiger partial charge < -0.3 is 10.6 Å². The SMILES string of the molecule is CNCCC(=O)Nc1ccc2nn(C(C)C)cc2c1. The van der Waals surface area contributed by atoms with Crippen molar-refractivity contribution in [2.24, 2.45) is 0 Å². The number of nitrogens with one attached hydrogen (secondary N) is 2. The van der Waals surface area contributed by atoms with Gasteiger partial charge in [0.1, 0.15) is 0 Å². The van der Waals surface area contributed by atoms with Gasteiger partial charge in [0.05, 0.1) is 5.52 Å². The van der Waals surface area contributed by atoms with Gasteiger partial charge in [-0.1, -0.05) is 0 Å². The van der Waals surface area contributed by atoms with Crippen molar-refractivity contribution in [1.29, 1.82) is 0 Å². The minimum Gasteiger partial charge on any atom is -0.326 e. The van der Waals surface area contributed by atoms with E-state index < -0.39 is 0 Å². The maximum absolute atomic E-state index is 11.6. The lowest BCUT2D eigenvalue weighted by Gasteiger charge is -2.04. The van der Waals surface area contributed by atoms with E-state index in [-0.39, 0.29) is 5.91 Å². The quantitative estimate of drug-likeness (QED) is 0.866. The van der Waals surface area contributed by atoms with Crippen molar-refractivity contribution in [2.45, 2.75) is 26.3 Å². The first-order valence-electron chi connectivity index (χ1n) is 6.53. The van der Waals surface area contributed by atoms with E-state index in [4.69, 9.17) is 0 Å². The van der Waals surface area contributed by atoms with E-state index in [1.807, 2.05) is 36.1 Å². The fourth-order valence-electron chi connectivity index (χ4n) is 1.85. The van der Waals surface area contributed by atoms with Crippen LogP contribution >= 0.6 is 0 Å². The third-order valence-corrected chi connectivity index (χ3v) is 2.94. The number of benzene rings is 1. The molecule has 19 heavy (non-hydrogen) atoms. The zero-order valence-electron chi connectivity index (χ0n) is 11.6. The van der Waals surface area contributed by atoms with Crippen LogP contribution in [0.1, 0.15) is 26.3 Å². The molecule has 5 heteroatoms. The summed E-state index contributed by atoms with van der Waals surface area (Å²) in [5.74, 6) is 0.0185. The molecule has 0 aliphatic carbocycles. The van der Waals surface area contributed by atoms with Crippen molar-refractivity contribution in [1.82, 2.24) is 15.1 Å². The molecule has 0 bridgehead atoms. The van der Waals surface area contributed by atoms with E-state index in [0.29, 0.717) is 19.0 Å². The highest BCUT2D eigenvalue weighted by atomic mass is 16.1. The molecular formula is C14H20N4O. The largest absolute Gasteiger partial charge is 0.326 e. The molecule has 0 aliphatic heterocycles. The number of fused-ring (bicyclic) bond motifs is 1. The summed E-state index contributed by atoms with van der Waals surface area (Å²) in [6.07, 6.45) is 2.48. The fourth-order valence-corrected chi connectivity index (χ4v) is 1.85. The Bertz CT molecular complexity index is 574. The lowest BCUT2D eigenvalue weighted by atomic mass is 10.2. The van der Waals surface area contributed by atoms with Gasteiger partial charge >= 0.3 is 0 Å². The molecule has 1 aromatic carbocycles. The number of carbonyl (C=O) groups excluding carboxylic acids is 1. The van der Waals surface area contributed by atoms with Crippen LogP contribution in [-0.2, 0) is 4.79 Å². The van der Waals surface area contributed by atoms with Crippen molar-refractivity contribution in [3.8, 4) is 0 Å². The van der Waals surface area contributed by atoms with Gasteiger partial charge in [-0.2, -0.15) is 5.10 Å². The molecule has 1 aromatic heterocycles. The summed E-state index contributed by atoms with van der Waals surface area (Å²) < 4.78 is 1.93. The second kappa shape index (κ2) is 5.84. The minimum atomic E-state index is 0.0185. The topological polar surface area (TPSA) is 59.0 Å². The molecular weight excluding hydrogens is 240 g/mol. The van der Waals surface area contributed by atoms with Crippen LogP contribution < -0.4 is 10.6 Å². The van der Waals surface area contributed by atoms with E-state index in [2.05, 4.69) is 29.6 Å². The van der Waals surface area contributed by atoms with Gasteiger partial charge in [0.2, 0.25) is 5.91 Å². The van der Waals surface area contributed by atoms with Crippen LogP contribution in [0.25, 0.3) is 10.9 Å². The second-order valence-corrected chi connectivity index (χ2v) is 4.88. The third kappa shape index (κ3) is 3.32. The third-order valence-electron chi connectivity index (χ3n) is 2.94. The average molecular weight is 260 g/mol. The first kappa shape index (κ1) is 13.5. The van der Waals surface area contributed by atoms with Crippen molar-refractivity contribution >= 4 is 22.5 Å². The van der Waals surface area contributed by atoms with E-state index >= 15 is 0 Å². The molecule has 5 nitrogen and oxygen atoms in total. The van der Waals surface area contributed by atoms with Crippen LogP contribution in [0.15, 0.2) is 24.4 Å². The molecule has 0 atom stereocenters. The molecule has 0 saturated carbocycles. The van der Waals surface area contributed by atoms with E-state index in [1.165, 1.54) is 0 Å². The molecule has 2 aromatic rings. The van der Waals surface area contributed by atoms with E-state index in [9.17, 15) is 4.79 Å². The first-order valence-corrected chi connectivity index (χ1v) is 6.53. The Balaban J connectivity index is 2.14. The fraction of sp³-hybridized carbons (Fsp3) is 0.429. The van der Waals surface area contributed by atoms with Crippen LogP contribution in [0.5, 0.6) is 0 Å². The van der Waals surface area contributed by atoms with Gasteiger partial charge in [0.25, 0.3) is 0 Å². The molecule has 0 aliphatic rings. The molecule has 0 saturated heterocycles. The Morgan fingerprint density at radius 3 is 2.89 bits per heavy atom. The van der Waals surface area contributed by atoms with Gasteiger partial charge in [-0.25, -0.2) is 0 Å². The van der Waals surface area contributed by atoms with E-state index in [1.54, 1.807) is 0 Å². The van der Waals surface area contributed by atoms with Crippen LogP contribution in [0.3, 0.4) is 0 Å². The lowest BCUT2D eigenvalue weighted by Crippen LogP contribution is -2.18. The molecule has 0 unspecified atom stereocenters. The van der Waals surface area contributed by atoms with Crippen molar-refractivity contribution < 1.29 is 4.79 Å². The maximum Gasteiger partial charge on any atom is 0.225 e. The summed E-state index contributed by atoms with van der Waals surface area (Å²) in [7, 11) is 1.83. The molecule has 2 N–H and O–H groups in total. The number of hydrogen-bond donors (Lipinski definition) is 2. The lowest BCUT2D eigenvalue weighted by molar-refractivity contribution is -0.116. The van der Waals surface area contributed by atoms with Crippen LogP contribution in [0, 0.1) is 0 Å². The minimum absolute atomic E-state index is 0.0185. The summed E-state index contributed by atoms with van der Waals surface area (Å²) in [6, 6.07) is 6.11. The molecule has 0 fully saturated rings. The Kier molecular flexibility index (Phi) is 4.16. The molecule has 102 valence electrons. The van der Waals surface area contributed by atoms with Crippen molar-refractivity contribution in [2.75, 3.05) is 18.9 Å². The highest BCUT2D eigenvalue weighted by Crippen LogP contribution is 2.19. The summed E-state index contributed by atoms with van der Waals surface area (Å²) in [5, 5.41) is 11.4. The Morgan fingerprint density at radius 1 is 1.42 bits per heavy atom. The molecule has 0 radical (unpaired) electrons. The first-order chi connectivity index (χ1) is 9.10. The molecule has 1 heterocycles. The Labute approximate surface area is 113 Å². The van der Waals surface area contributed by atoms with E-state index in [0.717, 1.165) is 16.6 Å². The number of carbonyl (C=O) groups is 1. The van der Waals surface area contributed by atoms with Crippen LogP contribution in [0.2, 0.25) is 0 Å². The summed E-state index contributed by atoms with van der Waals surface area (Å²) in [5.41, 5.74) is 1.76. The zero-order valence-corrected chi connectivity index (χ0v) is 11.6. The summed E-state index contributed by atoms with van der Waals surface area (Å²) in [6.45, 7) is 4.86. The predicted octanol–water partition coefficient (Wildman–Crippen LogP) is 2.17. The van der Waals surface area contributed by atoms with Gasteiger partial charge in [-0.05, 0) is 39.1 Å². The zero-order chi connectivity index (χ0) is 13.8. The monoisotopic (exact) mass is 260 g/mol. The number of anilines is 1. The number of nitrogens with zero attached hydrogens (tertiary/aromatic N) is 2.